The third kappa shape index (κ3) is 3.41. The number of rotatable bonds is 4. The predicted molar refractivity (Wildman–Crippen MR) is 87.3 cm³/mol. The maximum atomic E-state index is 12.0. The quantitative estimate of drug-likeness (QED) is 0.892. The normalized spacial score (nSPS) is 11.6. The highest BCUT2D eigenvalue weighted by molar-refractivity contribution is 9.10. The zero-order valence-electron chi connectivity index (χ0n) is 11.3. The van der Waals surface area contributed by atoms with Gasteiger partial charge in [0.2, 0.25) is 10.0 Å². The maximum absolute atomic E-state index is 12.0. The van der Waals surface area contributed by atoms with E-state index in [1.54, 1.807) is 19.9 Å². The molecule has 20 heavy (non-hydrogen) atoms. The standard InChI is InChI=1S/C15H16BrNO2S/c1-11(2)20(18,19)17-15-6-4-3-5-14(15)12-7-9-13(16)10-8-12/h3-11,17H,1-2H3. The largest absolute Gasteiger partial charge is 0.283 e. The molecule has 0 bridgehead atoms. The Morgan fingerprint density at radius 2 is 1.60 bits per heavy atom. The fraction of sp³-hybridized carbons (Fsp3) is 0.200. The molecule has 0 aromatic heterocycles. The van der Waals surface area contributed by atoms with Crippen LogP contribution in [0.15, 0.2) is 53.0 Å². The molecule has 0 atom stereocenters. The van der Waals surface area contributed by atoms with Crippen LogP contribution in [0.5, 0.6) is 0 Å². The van der Waals surface area contributed by atoms with Crippen LogP contribution in [0.25, 0.3) is 11.1 Å². The van der Waals surface area contributed by atoms with E-state index < -0.39 is 15.3 Å². The third-order valence-electron chi connectivity index (χ3n) is 2.96. The van der Waals surface area contributed by atoms with Gasteiger partial charge in [0.15, 0.2) is 0 Å². The summed E-state index contributed by atoms with van der Waals surface area (Å²) >= 11 is 3.39. The first-order valence-electron chi connectivity index (χ1n) is 6.27. The zero-order valence-corrected chi connectivity index (χ0v) is 13.7. The molecule has 0 heterocycles. The first-order valence-corrected chi connectivity index (χ1v) is 8.60. The topological polar surface area (TPSA) is 46.2 Å². The molecule has 0 spiro atoms. The van der Waals surface area contributed by atoms with Gasteiger partial charge in [0.1, 0.15) is 0 Å². The summed E-state index contributed by atoms with van der Waals surface area (Å²) in [6.45, 7) is 3.31. The molecule has 2 aromatic carbocycles. The van der Waals surface area contributed by atoms with E-state index in [-0.39, 0.29) is 0 Å². The summed E-state index contributed by atoms with van der Waals surface area (Å²) in [5.74, 6) is 0. The van der Waals surface area contributed by atoms with Crippen molar-refractivity contribution in [1.82, 2.24) is 0 Å². The minimum absolute atomic E-state index is 0.472. The molecule has 0 unspecified atom stereocenters. The van der Waals surface area contributed by atoms with Gasteiger partial charge in [-0.05, 0) is 37.6 Å². The molecule has 0 radical (unpaired) electrons. The molecule has 106 valence electrons. The van der Waals surface area contributed by atoms with Gasteiger partial charge in [-0.1, -0.05) is 46.3 Å². The molecule has 0 aliphatic carbocycles. The van der Waals surface area contributed by atoms with Gasteiger partial charge in [-0.2, -0.15) is 0 Å². The smallest absolute Gasteiger partial charge is 0.235 e. The van der Waals surface area contributed by atoms with E-state index in [1.807, 2.05) is 42.5 Å². The fourth-order valence-corrected chi connectivity index (χ4v) is 2.71. The van der Waals surface area contributed by atoms with Gasteiger partial charge in [0.25, 0.3) is 0 Å². The van der Waals surface area contributed by atoms with E-state index in [4.69, 9.17) is 0 Å². The molecular formula is C15H16BrNO2S. The van der Waals surface area contributed by atoms with Gasteiger partial charge in [-0.3, -0.25) is 4.72 Å². The first-order chi connectivity index (χ1) is 9.40. The Labute approximate surface area is 128 Å². The maximum Gasteiger partial charge on any atom is 0.235 e. The molecule has 0 saturated heterocycles. The average Bonchev–Trinajstić information content (AvgIpc) is 2.40. The van der Waals surface area contributed by atoms with Crippen molar-refractivity contribution in [1.29, 1.82) is 0 Å². The van der Waals surface area contributed by atoms with Crippen molar-refractivity contribution in [3.63, 3.8) is 0 Å². The van der Waals surface area contributed by atoms with Crippen molar-refractivity contribution in [2.24, 2.45) is 0 Å². The van der Waals surface area contributed by atoms with Gasteiger partial charge in [-0.25, -0.2) is 8.42 Å². The van der Waals surface area contributed by atoms with Crippen molar-refractivity contribution in [2.75, 3.05) is 4.72 Å². The number of halogens is 1. The van der Waals surface area contributed by atoms with Crippen LogP contribution < -0.4 is 4.72 Å². The molecule has 0 amide bonds. The molecule has 2 rings (SSSR count). The van der Waals surface area contributed by atoms with E-state index in [2.05, 4.69) is 20.7 Å². The Morgan fingerprint density at radius 1 is 1.00 bits per heavy atom. The van der Waals surface area contributed by atoms with E-state index in [0.717, 1.165) is 15.6 Å². The molecule has 3 nitrogen and oxygen atoms in total. The Hall–Kier alpha value is -1.33. The minimum atomic E-state index is -3.35. The molecule has 0 aliphatic rings. The SMILES string of the molecule is CC(C)S(=O)(=O)Nc1ccccc1-c1ccc(Br)cc1. The third-order valence-corrected chi connectivity index (χ3v) is 5.23. The van der Waals surface area contributed by atoms with E-state index in [0.29, 0.717) is 5.69 Å². The van der Waals surface area contributed by atoms with Crippen LogP contribution >= 0.6 is 15.9 Å². The van der Waals surface area contributed by atoms with Crippen LogP contribution in [0.4, 0.5) is 5.69 Å². The average molecular weight is 354 g/mol. The molecule has 0 fully saturated rings. The molecule has 2 aromatic rings. The van der Waals surface area contributed by atoms with Crippen molar-refractivity contribution in [3.8, 4) is 11.1 Å². The first kappa shape index (κ1) is 15.1. The van der Waals surface area contributed by atoms with Gasteiger partial charge in [0.05, 0.1) is 10.9 Å². The zero-order chi connectivity index (χ0) is 14.8. The number of para-hydroxylation sites is 1. The Bertz CT molecular complexity index is 694. The highest BCUT2D eigenvalue weighted by Gasteiger charge is 2.17. The second-order valence-corrected chi connectivity index (χ2v) is 7.90. The Kier molecular flexibility index (Phi) is 4.50. The summed E-state index contributed by atoms with van der Waals surface area (Å²) in [5.41, 5.74) is 2.43. The van der Waals surface area contributed by atoms with Crippen LogP contribution in [0, 0.1) is 0 Å². The van der Waals surface area contributed by atoms with Gasteiger partial charge in [-0.15, -0.1) is 0 Å². The summed E-state index contributed by atoms with van der Waals surface area (Å²) in [7, 11) is -3.35. The molecule has 0 saturated carbocycles. The molecule has 5 heteroatoms. The second kappa shape index (κ2) is 5.97. The number of nitrogens with one attached hydrogen (secondary N) is 1. The summed E-state index contributed by atoms with van der Waals surface area (Å²) in [5, 5.41) is -0.472. The van der Waals surface area contributed by atoms with Crippen molar-refractivity contribution >= 4 is 31.6 Å². The molecule has 0 aliphatic heterocycles. The number of anilines is 1. The lowest BCUT2D eigenvalue weighted by atomic mass is 10.0. The van der Waals surface area contributed by atoms with Gasteiger partial charge < -0.3 is 0 Å². The van der Waals surface area contributed by atoms with Crippen molar-refractivity contribution < 1.29 is 8.42 Å². The van der Waals surface area contributed by atoms with Gasteiger partial charge >= 0.3 is 0 Å². The highest BCUT2D eigenvalue weighted by Crippen LogP contribution is 2.29. The van der Waals surface area contributed by atoms with Crippen LogP contribution in [-0.2, 0) is 10.0 Å². The lowest BCUT2D eigenvalue weighted by molar-refractivity contribution is 0.593. The highest BCUT2D eigenvalue weighted by atomic mass is 79.9. The summed E-state index contributed by atoms with van der Waals surface area (Å²) in [4.78, 5) is 0. The number of benzene rings is 2. The number of hydrogen-bond acceptors (Lipinski definition) is 2. The second-order valence-electron chi connectivity index (χ2n) is 4.75. The Balaban J connectivity index is 2.44. The molecular weight excluding hydrogens is 338 g/mol. The Morgan fingerprint density at radius 3 is 2.20 bits per heavy atom. The van der Waals surface area contributed by atoms with Gasteiger partial charge in [0, 0.05) is 10.0 Å². The van der Waals surface area contributed by atoms with Crippen LogP contribution in [0.3, 0.4) is 0 Å². The van der Waals surface area contributed by atoms with E-state index >= 15 is 0 Å². The van der Waals surface area contributed by atoms with E-state index in [1.165, 1.54) is 0 Å². The predicted octanol–water partition coefficient (Wildman–Crippen LogP) is 4.27. The van der Waals surface area contributed by atoms with Crippen molar-refractivity contribution in [3.05, 3.63) is 53.0 Å². The summed E-state index contributed by atoms with van der Waals surface area (Å²) < 4.78 is 27.7. The number of sulfonamides is 1. The van der Waals surface area contributed by atoms with E-state index in [9.17, 15) is 8.42 Å². The fourth-order valence-electron chi connectivity index (χ4n) is 1.72. The minimum Gasteiger partial charge on any atom is -0.283 e. The lowest BCUT2D eigenvalue weighted by Crippen LogP contribution is -2.22. The number of hydrogen-bond donors (Lipinski definition) is 1. The van der Waals surface area contributed by atoms with Crippen molar-refractivity contribution in [2.45, 2.75) is 19.1 Å². The molecule has 1 N–H and O–H groups in total. The monoisotopic (exact) mass is 353 g/mol. The summed E-state index contributed by atoms with van der Waals surface area (Å²) in [6, 6.07) is 15.2. The van der Waals surface area contributed by atoms with Crippen LogP contribution in [0.2, 0.25) is 0 Å². The van der Waals surface area contributed by atoms with Crippen LogP contribution in [0.1, 0.15) is 13.8 Å². The van der Waals surface area contributed by atoms with Crippen LogP contribution in [-0.4, -0.2) is 13.7 Å². The summed E-state index contributed by atoms with van der Waals surface area (Å²) in [6.07, 6.45) is 0. The lowest BCUT2D eigenvalue weighted by Gasteiger charge is -2.14.